The molecule has 0 bridgehead atoms. The largest absolute Gasteiger partial charge is 0.325 e. The predicted molar refractivity (Wildman–Crippen MR) is 122 cm³/mol. The zero-order valence-electron chi connectivity index (χ0n) is 16.2. The maximum atomic E-state index is 12.4. The molecule has 4 rings (SSSR count). The number of nitrogens with one attached hydrogen (secondary N) is 1. The van der Waals surface area contributed by atoms with Gasteiger partial charge in [0.2, 0.25) is 5.91 Å². The summed E-state index contributed by atoms with van der Waals surface area (Å²) >= 11 is 7.32. The van der Waals surface area contributed by atoms with Crippen molar-refractivity contribution in [3.05, 3.63) is 89.4 Å². The number of aromatic nitrogens is 3. The number of nitriles is 1. The first-order valence-electron chi connectivity index (χ1n) is 9.33. The van der Waals surface area contributed by atoms with Crippen molar-refractivity contribution in [2.24, 2.45) is 0 Å². The van der Waals surface area contributed by atoms with E-state index in [1.54, 1.807) is 36.4 Å². The van der Waals surface area contributed by atoms with Crippen LogP contribution in [0.4, 0.5) is 5.69 Å². The van der Waals surface area contributed by atoms with Crippen LogP contribution in [0.5, 0.6) is 0 Å². The molecule has 0 spiro atoms. The topological polar surface area (TPSA) is 83.6 Å². The average molecular weight is 446 g/mol. The van der Waals surface area contributed by atoms with Crippen molar-refractivity contribution >= 4 is 35.0 Å². The molecule has 0 unspecified atom stereocenters. The Morgan fingerprint density at radius 3 is 2.39 bits per heavy atom. The van der Waals surface area contributed by atoms with Gasteiger partial charge in [-0.2, -0.15) is 5.26 Å². The van der Waals surface area contributed by atoms with Crippen LogP contribution in [0.3, 0.4) is 0 Å². The zero-order valence-corrected chi connectivity index (χ0v) is 17.8. The third-order valence-corrected chi connectivity index (χ3v) is 5.56. The fourth-order valence-corrected chi connectivity index (χ4v) is 3.79. The Balaban J connectivity index is 1.56. The molecular formula is C23H16ClN5OS. The Hall–Kier alpha value is -3.60. The van der Waals surface area contributed by atoms with Gasteiger partial charge in [-0.3, -0.25) is 9.36 Å². The van der Waals surface area contributed by atoms with E-state index in [0.717, 1.165) is 11.3 Å². The minimum Gasteiger partial charge on any atom is -0.325 e. The first kappa shape index (κ1) is 20.7. The van der Waals surface area contributed by atoms with Gasteiger partial charge in [-0.05, 0) is 60.7 Å². The Morgan fingerprint density at radius 1 is 1.00 bits per heavy atom. The van der Waals surface area contributed by atoms with Gasteiger partial charge in [-0.25, -0.2) is 0 Å². The first-order valence-corrected chi connectivity index (χ1v) is 10.7. The highest BCUT2D eigenvalue weighted by Gasteiger charge is 2.17. The molecule has 3 aromatic carbocycles. The van der Waals surface area contributed by atoms with Crippen LogP contribution >= 0.6 is 23.4 Å². The van der Waals surface area contributed by atoms with E-state index >= 15 is 0 Å². The summed E-state index contributed by atoms with van der Waals surface area (Å²) < 4.78 is 1.92. The smallest absolute Gasteiger partial charge is 0.234 e. The van der Waals surface area contributed by atoms with Gasteiger partial charge in [0, 0.05) is 22.0 Å². The van der Waals surface area contributed by atoms with Crippen LogP contribution in [0.1, 0.15) is 5.56 Å². The molecule has 1 heterocycles. The number of hydrogen-bond acceptors (Lipinski definition) is 5. The van der Waals surface area contributed by atoms with E-state index in [1.807, 2.05) is 47.0 Å². The molecule has 1 aromatic heterocycles. The number of rotatable bonds is 6. The second-order valence-electron chi connectivity index (χ2n) is 6.51. The number of carbonyl (C=O) groups is 1. The summed E-state index contributed by atoms with van der Waals surface area (Å²) in [5.74, 6) is 0.647. The molecule has 31 heavy (non-hydrogen) atoms. The zero-order chi connectivity index (χ0) is 21.6. The van der Waals surface area contributed by atoms with Crippen LogP contribution in [0.15, 0.2) is 84.0 Å². The van der Waals surface area contributed by atoms with Crippen LogP contribution < -0.4 is 5.32 Å². The number of amides is 1. The quantitative estimate of drug-likeness (QED) is 0.413. The number of benzene rings is 3. The van der Waals surface area contributed by atoms with Gasteiger partial charge in [-0.15, -0.1) is 10.2 Å². The van der Waals surface area contributed by atoms with Crippen LogP contribution in [0.2, 0.25) is 5.02 Å². The number of thioether (sulfide) groups is 1. The van der Waals surface area contributed by atoms with Crippen molar-refractivity contribution in [2.75, 3.05) is 11.1 Å². The Morgan fingerprint density at radius 2 is 1.71 bits per heavy atom. The molecule has 0 atom stereocenters. The molecule has 1 amide bonds. The molecule has 152 valence electrons. The normalized spacial score (nSPS) is 10.5. The number of anilines is 1. The standard InChI is InChI=1S/C23H16ClN5OS/c24-18-10-8-17(9-11-18)22-27-28-23(29(22)20-4-2-1-3-5-20)31-15-21(30)26-19-12-6-16(14-25)7-13-19/h1-13H,15H2,(H,26,30). The fourth-order valence-electron chi connectivity index (χ4n) is 2.91. The molecular weight excluding hydrogens is 430 g/mol. The third-order valence-electron chi connectivity index (χ3n) is 4.38. The second-order valence-corrected chi connectivity index (χ2v) is 7.89. The lowest BCUT2D eigenvalue weighted by atomic mass is 10.2. The van der Waals surface area contributed by atoms with Crippen LogP contribution in [0, 0.1) is 11.3 Å². The summed E-state index contributed by atoms with van der Waals surface area (Å²) in [6.45, 7) is 0. The number of halogens is 1. The summed E-state index contributed by atoms with van der Waals surface area (Å²) in [6.07, 6.45) is 0. The highest BCUT2D eigenvalue weighted by Crippen LogP contribution is 2.28. The van der Waals surface area contributed by atoms with Crippen LogP contribution in [-0.2, 0) is 4.79 Å². The molecule has 1 N–H and O–H groups in total. The number of para-hydroxylation sites is 1. The van der Waals surface area contributed by atoms with Gasteiger partial charge in [0.15, 0.2) is 11.0 Å². The van der Waals surface area contributed by atoms with E-state index in [-0.39, 0.29) is 11.7 Å². The van der Waals surface area contributed by atoms with E-state index in [0.29, 0.717) is 27.3 Å². The maximum absolute atomic E-state index is 12.4. The lowest BCUT2D eigenvalue weighted by Crippen LogP contribution is -2.14. The van der Waals surface area contributed by atoms with E-state index < -0.39 is 0 Å². The van der Waals surface area contributed by atoms with Crippen molar-refractivity contribution in [3.8, 4) is 23.1 Å². The molecule has 0 saturated heterocycles. The molecule has 0 aliphatic heterocycles. The molecule has 0 saturated carbocycles. The Kier molecular flexibility index (Phi) is 6.32. The number of hydrogen-bond donors (Lipinski definition) is 1. The van der Waals surface area contributed by atoms with Crippen LogP contribution in [0.25, 0.3) is 17.1 Å². The SMILES string of the molecule is N#Cc1ccc(NC(=O)CSc2nnc(-c3ccc(Cl)cc3)n2-c2ccccc2)cc1. The molecule has 0 aliphatic carbocycles. The third kappa shape index (κ3) is 4.94. The van der Waals surface area contributed by atoms with E-state index in [9.17, 15) is 4.79 Å². The minimum atomic E-state index is -0.176. The van der Waals surface area contributed by atoms with Crippen LogP contribution in [-0.4, -0.2) is 26.4 Å². The number of nitrogens with zero attached hydrogens (tertiary/aromatic N) is 4. The van der Waals surface area contributed by atoms with Crippen molar-refractivity contribution in [1.29, 1.82) is 5.26 Å². The Labute approximate surface area is 188 Å². The fraction of sp³-hybridized carbons (Fsp3) is 0.0435. The highest BCUT2D eigenvalue weighted by molar-refractivity contribution is 7.99. The highest BCUT2D eigenvalue weighted by atomic mass is 35.5. The summed E-state index contributed by atoms with van der Waals surface area (Å²) in [5.41, 5.74) is 2.94. The van der Waals surface area contributed by atoms with E-state index in [2.05, 4.69) is 21.6 Å². The lowest BCUT2D eigenvalue weighted by molar-refractivity contribution is -0.113. The van der Waals surface area contributed by atoms with Gasteiger partial charge in [-0.1, -0.05) is 41.6 Å². The first-order chi connectivity index (χ1) is 15.1. The van der Waals surface area contributed by atoms with Gasteiger partial charge in [0.1, 0.15) is 0 Å². The monoisotopic (exact) mass is 445 g/mol. The van der Waals surface area contributed by atoms with E-state index in [4.69, 9.17) is 16.9 Å². The molecule has 0 aliphatic rings. The van der Waals surface area contributed by atoms with Gasteiger partial charge >= 0.3 is 0 Å². The van der Waals surface area contributed by atoms with Crippen molar-refractivity contribution in [3.63, 3.8) is 0 Å². The van der Waals surface area contributed by atoms with Gasteiger partial charge in [0.25, 0.3) is 0 Å². The van der Waals surface area contributed by atoms with Crippen molar-refractivity contribution in [1.82, 2.24) is 14.8 Å². The van der Waals surface area contributed by atoms with Gasteiger partial charge in [0.05, 0.1) is 17.4 Å². The number of carbonyl (C=O) groups excluding carboxylic acids is 1. The molecule has 0 radical (unpaired) electrons. The lowest BCUT2D eigenvalue weighted by Gasteiger charge is -2.10. The van der Waals surface area contributed by atoms with Crippen molar-refractivity contribution < 1.29 is 4.79 Å². The molecule has 4 aromatic rings. The van der Waals surface area contributed by atoms with Gasteiger partial charge < -0.3 is 5.32 Å². The summed E-state index contributed by atoms with van der Waals surface area (Å²) in [5, 5.41) is 21.6. The maximum Gasteiger partial charge on any atom is 0.234 e. The van der Waals surface area contributed by atoms with E-state index in [1.165, 1.54) is 11.8 Å². The minimum absolute atomic E-state index is 0.158. The predicted octanol–water partition coefficient (Wildman–Crippen LogP) is 5.19. The summed E-state index contributed by atoms with van der Waals surface area (Å²) in [6, 6.07) is 25.9. The summed E-state index contributed by atoms with van der Waals surface area (Å²) in [7, 11) is 0. The average Bonchev–Trinajstić information content (AvgIpc) is 3.23. The Bertz CT molecular complexity index is 1230. The summed E-state index contributed by atoms with van der Waals surface area (Å²) in [4.78, 5) is 12.4. The second kappa shape index (κ2) is 9.47. The molecule has 0 fully saturated rings. The van der Waals surface area contributed by atoms with Crippen molar-refractivity contribution in [2.45, 2.75) is 5.16 Å². The molecule has 6 nitrogen and oxygen atoms in total. The molecule has 8 heteroatoms.